The summed E-state index contributed by atoms with van der Waals surface area (Å²) < 4.78 is 34.3. The first-order chi connectivity index (χ1) is 12.4. The Morgan fingerprint density at radius 1 is 0.667 bits per heavy atom. The summed E-state index contributed by atoms with van der Waals surface area (Å²) in [5, 5.41) is 9.26. The molecule has 158 valence electrons. The zero-order chi connectivity index (χ0) is 19.7. The maximum Gasteiger partial charge on any atom is 1.00 e. The second-order valence-corrected chi connectivity index (χ2v) is 9.46. The summed E-state index contributed by atoms with van der Waals surface area (Å²) in [5.41, 5.74) is 0. The molecule has 1 N–H and O–H groups in total. The molecule has 0 aliphatic heterocycles. The number of aliphatic hydroxyl groups is 1. The molecule has 0 aromatic carbocycles. The van der Waals surface area contributed by atoms with Gasteiger partial charge in [-0.25, -0.2) is 8.42 Å². The van der Waals surface area contributed by atoms with Crippen molar-refractivity contribution in [3.8, 4) is 0 Å². The van der Waals surface area contributed by atoms with E-state index in [1.807, 2.05) is 0 Å². The van der Waals surface area contributed by atoms with Gasteiger partial charge < -0.3 is 9.66 Å². The number of hydrogen-bond donors (Lipinski definition) is 1. The van der Waals surface area contributed by atoms with Crippen LogP contribution in [0.1, 0.15) is 123 Å². The molecule has 6 heteroatoms. The van der Waals surface area contributed by atoms with Gasteiger partial charge in [0.25, 0.3) is 0 Å². The molecule has 0 aromatic heterocycles. The van der Waals surface area contributed by atoms with Crippen LogP contribution in [0.2, 0.25) is 0 Å². The SMILES string of the molecule is CCCCCCCCC(CCCCC(O)CCCCCCC)S(=O)(=O)[O-].[K+]. The van der Waals surface area contributed by atoms with Gasteiger partial charge in [0.1, 0.15) is 0 Å². The van der Waals surface area contributed by atoms with Crippen LogP contribution in [0.3, 0.4) is 0 Å². The molecule has 0 heterocycles. The summed E-state index contributed by atoms with van der Waals surface area (Å²) in [7, 11) is -4.20. The second-order valence-electron chi connectivity index (χ2n) is 7.81. The molecular formula is C21H43KO4S. The Bertz CT molecular complexity index is 401. The fourth-order valence-electron chi connectivity index (χ4n) is 3.47. The van der Waals surface area contributed by atoms with E-state index >= 15 is 0 Å². The van der Waals surface area contributed by atoms with Crippen LogP contribution in [-0.2, 0) is 10.1 Å². The fourth-order valence-corrected chi connectivity index (χ4v) is 4.38. The topological polar surface area (TPSA) is 77.4 Å². The quantitative estimate of drug-likeness (QED) is 0.194. The van der Waals surface area contributed by atoms with Crippen molar-refractivity contribution in [2.45, 2.75) is 134 Å². The van der Waals surface area contributed by atoms with Crippen molar-refractivity contribution in [3.05, 3.63) is 0 Å². The molecule has 0 fully saturated rings. The van der Waals surface area contributed by atoms with Crippen LogP contribution in [-0.4, -0.2) is 29.4 Å². The molecule has 0 rings (SSSR count). The van der Waals surface area contributed by atoms with Crippen molar-refractivity contribution in [2.24, 2.45) is 0 Å². The van der Waals surface area contributed by atoms with Crippen molar-refractivity contribution in [3.63, 3.8) is 0 Å². The van der Waals surface area contributed by atoms with Crippen LogP contribution in [0.15, 0.2) is 0 Å². The summed E-state index contributed by atoms with van der Waals surface area (Å²) in [6.07, 6.45) is 16.3. The molecular weight excluding hydrogens is 387 g/mol. The first-order valence-corrected chi connectivity index (χ1v) is 12.5. The summed E-state index contributed by atoms with van der Waals surface area (Å²) in [6, 6.07) is 0. The average molecular weight is 431 g/mol. The van der Waals surface area contributed by atoms with Crippen molar-refractivity contribution in [2.75, 3.05) is 0 Å². The molecule has 27 heavy (non-hydrogen) atoms. The van der Waals surface area contributed by atoms with E-state index in [0.29, 0.717) is 12.8 Å². The number of rotatable bonds is 19. The maximum atomic E-state index is 11.4. The normalized spacial score (nSPS) is 13.9. The minimum absolute atomic E-state index is 0. The molecule has 0 aliphatic rings. The van der Waals surface area contributed by atoms with Gasteiger partial charge in [-0.2, -0.15) is 0 Å². The predicted molar refractivity (Wildman–Crippen MR) is 109 cm³/mol. The fraction of sp³-hybridized carbons (Fsp3) is 1.00. The molecule has 0 bridgehead atoms. The van der Waals surface area contributed by atoms with E-state index < -0.39 is 15.4 Å². The van der Waals surface area contributed by atoms with Gasteiger partial charge in [0.2, 0.25) is 0 Å². The molecule has 2 unspecified atom stereocenters. The van der Waals surface area contributed by atoms with E-state index in [1.165, 1.54) is 44.9 Å². The molecule has 0 spiro atoms. The maximum absolute atomic E-state index is 11.4. The molecule has 0 saturated carbocycles. The van der Waals surface area contributed by atoms with Crippen molar-refractivity contribution in [1.29, 1.82) is 0 Å². The molecule has 4 nitrogen and oxygen atoms in total. The Morgan fingerprint density at radius 2 is 1.00 bits per heavy atom. The van der Waals surface area contributed by atoms with Crippen molar-refractivity contribution < 1.29 is 69.5 Å². The Morgan fingerprint density at radius 3 is 1.44 bits per heavy atom. The third-order valence-corrected chi connectivity index (χ3v) is 6.53. The largest absolute Gasteiger partial charge is 1.00 e. The van der Waals surface area contributed by atoms with Crippen LogP contribution < -0.4 is 51.4 Å². The van der Waals surface area contributed by atoms with Gasteiger partial charge in [-0.3, -0.25) is 0 Å². The van der Waals surface area contributed by atoms with E-state index in [1.54, 1.807) is 0 Å². The van der Waals surface area contributed by atoms with Gasteiger partial charge in [-0.1, -0.05) is 97.3 Å². The molecule has 0 amide bonds. The zero-order valence-corrected chi connectivity index (χ0v) is 22.2. The van der Waals surface area contributed by atoms with Gasteiger partial charge in [0.15, 0.2) is 0 Å². The monoisotopic (exact) mass is 430 g/mol. The molecule has 0 aromatic rings. The van der Waals surface area contributed by atoms with E-state index in [2.05, 4.69) is 13.8 Å². The summed E-state index contributed by atoms with van der Waals surface area (Å²) in [4.78, 5) is 0. The Kier molecular flexibility index (Phi) is 23.6. The van der Waals surface area contributed by atoms with E-state index in [4.69, 9.17) is 0 Å². The third kappa shape index (κ3) is 20.6. The van der Waals surface area contributed by atoms with Crippen LogP contribution in [0.5, 0.6) is 0 Å². The third-order valence-electron chi connectivity index (χ3n) is 5.24. The van der Waals surface area contributed by atoms with Crippen LogP contribution in [0.25, 0.3) is 0 Å². The number of aliphatic hydroxyl groups excluding tert-OH is 1. The van der Waals surface area contributed by atoms with Gasteiger partial charge in [0, 0.05) is 5.25 Å². The van der Waals surface area contributed by atoms with Crippen LogP contribution >= 0.6 is 0 Å². The first kappa shape index (κ1) is 30.7. The van der Waals surface area contributed by atoms with Crippen LogP contribution in [0.4, 0.5) is 0 Å². The molecule has 2 atom stereocenters. The Labute approximate surface area is 211 Å². The average Bonchev–Trinajstić information content (AvgIpc) is 2.58. The summed E-state index contributed by atoms with van der Waals surface area (Å²) >= 11 is 0. The Hall–Kier alpha value is 1.51. The van der Waals surface area contributed by atoms with E-state index in [0.717, 1.165) is 51.4 Å². The number of unbranched alkanes of at least 4 members (excludes halogenated alkanes) is 10. The summed E-state index contributed by atoms with van der Waals surface area (Å²) in [5.74, 6) is 0. The smallest absolute Gasteiger partial charge is 0.748 e. The minimum atomic E-state index is -4.20. The first-order valence-electron chi connectivity index (χ1n) is 11.0. The molecule has 0 radical (unpaired) electrons. The zero-order valence-electron chi connectivity index (χ0n) is 18.3. The number of hydrogen-bond acceptors (Lipinski definition) is 4. The van der Waals surface area contributed by atoms with Crippen molar-refractivity contribution in [1.82, 2.24) is 0 Å². The Balaban J connectivity index is 0. The van der Waals surface area contributed by atoms with Gasteiger partial charge in [-0.15, -0.1) is 0 Å². The van der Waals surface area contributed by atoms with Gasteiger partial charge >= 0.3 is 51.4 Å². The summed E-state index contributed by atoms with van der Waals surface area (Å²) in [6.45, 7) is 4.36. The standard InChI is InChI=1S/C21H44O4S.K/c1-3-5-7-9-11-13-18-21(26(23,24)25)19-15-14-17-20(22)16-12-10-8-6-4-2;/h20-22H,3-19H2,1-2H3,(H,23,24,25);/q;+1/p-1. The van der Waals surface area contributed by atoms with Crippen LogP contribution in [0, 0.1) is 0 Å². The molecule has 0 aliphatic carbocycles. The second kappa shape index (κ2) is 20.8. The minimum Gasteiger partial charge on any atom is -0.748 e. The van der Waals surface area contributed by atoms with Gasteiger partial charge in [-0.05, 0) is 25.7 Å². The van der Waals surface area contributed by atoms with Gasteiger partial charge in [0.05, 0.1) is 16.2 Å². The predicted octanol–water partition coefficient (Wildman–Crippen LogP) is 2.94. The van der Waals surface area contributed by atoms with E-state index in [9.17, 15) is 18.1 Å². The molecule has 0 saturated heterocycles. The van der Waals surface area contributed by atoms with Crippen molar-refractivity contribution >= 4 is 10.1 Å². The van der Waals surface area contributed by atoms with E-state index in [-0.39, 0.29) is 57.5 Å².